The molecule has 2 heteroatoms. The van der Waals surface area contributed by atoms with Gasteiger partial charge < -0.3 is 4.90 Å². The predicted octanol–water partition coefficient (Wildman–Crippen LogP) is 4.39. The van der Waals surface area contributed by atoms with Crippen LogP contribution in [0.5, 0.6) is 0 Å². The third-order valence-corrected chi connectivity index (χ3v) is 3.78. The van der Waals surface area contributed by atoms with E-state index in [0.717, 1.165) is 30.5 Å². The zero-order chi connectivity index (χ0) is 16.7. The fourth-order valence-electron chi connectivity index (χ4n) is 2.48. The quantitative estimate of drug-likeness (QED) is 0.558. The first-order valence-corrected chi connectivity index (χ1v) is 8.07. The minimum absolute atomic E-state index is 0.0475. The molecule has 0 aliphatic heterocycles. The maximum Gasteiger partial charge on any atom is 0.185 e. The van der Waals surface area contributed by atoms with Crippen LogP contribution in [0.3, 0.4) is 0 Å². The van der Waals surface area contributed by atoms with Gasteiger partial charge in [-0.15, -0.1) is 0 Å². The molecule has 0 amide bonds. The molecule has 2 aromatic carbocycles. The molecule has 0 bridgehead atoms. The molecule has 0 spiro atoms. The molecule has 0 atom stereocenters. The van der Waals surface area contributed by atoms with Crippen molar-refractivity contribution in [3.63, 3.8) is 0 Å². The van der Waals surface area contributed by atoms with Crippen LogP contribution in [0.15, 0.2) is 54.6 Å². The summed E-state index contributed by atoms with van der Waals surface area (Å²) in [5.41, 5.74) is 4.27. The first-order valence-electron chi connectivity index (χ1n) is 8.07. The second-order valence-corrected chi connectivity index (χ2v) is 6.22. The Labute approximate surface area is 139 Å². The lowest BCUT2D eigenvalue weighted by atomic mass is 10.0. The lowest BCUT2D eigenvalue weighted by Crippen LogP contribution is -2.13. The van der Waals surface area contributed by atoms with Crippen LogP contribution in [0.2, 0.25) is 0 Å². The first-order chi connectivity index (χ1) is 11.0. The summed E-state index contributed by atoms with van der Waals surface area (Å²) in [4.78, 5) is 14.4. The minimum Gasteiger partial charge on any atom is -0.309 e. The second kappa shape index (κ2) is 8.44. The number of nitrogens with zero attached hydrogens (tertiary/aromatic N) is 1. The molecule has 0 saturated heterocycles. The minimum atomic E-state index is 0.0475. The summed E-state index contributed by atoms with van der Waals surface area (Å²) in [6.45, 7) is 3.13. The van der Waals surface area contributed by atoms with Gasteiger partial charge in [-0.05, 0) is 57.6 Å². The summed E-state index contributed by atoms with van der Waals surface area (Å²) in [5.74, 6) is 0.0475. The molecule has 0 unspecified atom stereocenters. The molecule has 0 aromatic heterocycles. The zero-order valence-electron chi connectivity index (χ0n) is 14.3. The van der Waals surface area contributed by atoms with E-state index in [9.17, 15) is 4.79 Å². The van der Waals surface area contributed by atoms with E-state index < -0.39 is 0 Å². The van der Waals surface area contributed by atoms with E-state index in [2.05, 4.69) is 37.2 Å². The van der Waals surface area contributed by atoms with E-state index in [4.69, 9.17) is 0 Å². The molecule has 2 nitrogen and oxygen atoms in total. The van der Waals surface area contributed by atoms with E-state index in [0.29, 0.717) is 0 Å². The molecule has 0 saturated carbocycles. The van der Waals surface area contributed by atoms with Crippen molar-refractivity contribution in [1.29, 1.82) is 0 Å². The van der Waals surface area contributed by atoms with E-state index in [-0.39, 0.29) is 5.78 Å². The molecule has 0 aliphatic rings. The summed E-state index contributed by atoms with van der Waals surface area (Å²) in [6.07, 6.45) is 5.70. The van der Waals surface area contributed by atoms with Crippen molar-refractivity contribution in [2.75, 3.05) is 20.6 Å². The van der Waals surface area contributed by atoms with Crippen molar-refractivity contribution in [3.05, 3.63) is 76.9 Å². The third-order valence-electron chi connectivity index (χ3n) is 3.78. The van der Waals surface area contributed by atoms with Crippen LogP contribution in [0.1, 0.15) is 33.5 Å². The molecule has 0 N–H and O–H groups in total. The molecule has 2 aromatic rings. The summed E-state index contributed by atoms with van der Waals surface area (Å²) < 4.78 is 0. The summed E-state index contributed by atoms with van der Waals surface area (Å²) in [7, 11) is 4.17. The Morgan fingerprint density at radius 2 is 1.83 bits per heavy atom. The number of hydrogen-bond acceptors (Lipinski definition) is 2. The predicted molar refractivity (Wildman–Crippen MR) is 97.9 cm³/mol. The third kappa shape index (κ3) is 5.84. The smallest absolute Gasteiger partial charge is 0.185 e. The van der Waals surface area contributed by atoms with Crippen molar-refractivity contribution in [1.82, 2.24) is 4.90 Å². The Hall–Kier alpha value is -2.19. The van der Waals surface area contributed by atoms with Gasteiger partial charge in [-0.3, -0.25) is 4.79 Å². The molecule has 23 heavy (non-hydrogen) atoms. The van der Waals surface area contributed by atoms with Gasteiger partial charge in [0.2, 0.25) is 0 Å². The molecule has 0 fully saturated rings. The molecule has 0 radical (unpaired) electrons. The number of ketones is 1. The average Bonchev–Trinajstić information content (AvgIpc) is 2.53. The highest BCUT2D eigenvalue weighted by molar-refractivity contribution is 6.06. The van der Waals surface area contributed by atoms with Crippen LogP contribution in [0.4, 0.5) is 0 Å². The maximum absolute atomic E-state index is 12.2. The van der Waals surface area contributed by atoms with Gasteiger partial charge in [0.15, 0.2) is 5.78 Å². The molecule has 0 aliphatic carbocycles. The molecule has 120 valence electrons. The van der Waals surface area contributed by atoms with Gasteiger partial charge in [0.25, 0.3) is 0 Å². The number of rotatable bonds is 7. The summed E-state index contributed by atoms with van der Waals surface area (Å²) in [6, 6.07) is 16.1. The topological polar surface area (TPSA) is 20.3 Å². The first kappa shape index (κ1) is 17.2. The Morgan fingerprint density at radius 1 is 1.09 bits per heavy atom. The van der Waals surface area contributed by atoms with Crippen LogP contribution in [0, 0.1) is 6.92 Å². The molecular formula is C21H25NO. The SMILES string of the molecule is Cc1cccc(C=CC(=O)c2ccc(CCCN(C)C)cc2)c1. The van der Waals surface area contributed by atoms with Gasteiger partial charge in [-0.25, -0.2) is 0 Å². The van der Waals surface area contributed by atoms with Crippen LogP contribution in [-0.4, -0.2) is 31.3 Å². The Bertz CT molecular complexity index is 668. The van der Waals surface area contributed by atoms with Crippen LogP contribution in [0.25, 0.3) is 6.08 Å². The van der Waals surface area contributed by atoms with Gasteiger partial charge in [0.1, 0.15) is 0 Å². The number of benzene rings is 2. The maximum atomic E-state index is 12.2. The molecular weight excluding hydrogens is 282 g/mol. The van der Waals surface area contributed by atoms with Gasteiger partial charge in [0, 0.05) is 5.56 Å². The highest BCUT2D eigenvalue weighted by atomic mass is 16.1. The monoisotopic (exact) mass is 307 g/mol. The van der Waals surface area contributed by atoms with Gasteiger partial charge >= 0.3 is 0 Å². The zero-order valence-corrected chi connectivity index (χ0v) is 14.3. The van der Waals surface area contributed by atoms with E-state index in [1.807, 2.05) is 43.3 Å². The number of aryl methyl sites for hydroxylation is 2. The number of hydrogen-bond donors (Lipinski definition) is 0. The standard InChI is InChI=1S/C21H25NO/c1-17-6-4-7-19(16-17)11-14-21(23)20-12-9-18(10-13-20)8-5-15-22(2)3/h4,6-7,9-14,16H,5,8,15H2,1-3H3. The van der Waals surface area contributed by atoms with Crippen molar-refractivity contribution in [2.24, 2.45) is 0 Å². The van der Waals surface area contributed by atoms with Crippen molar-refractivity contribution >= 4 is 11.9 Å². The number of carbonyl (C=O) groups excluding carboxylic acids is 1. The van der Waals surface area contributed by atoms with Crippen LogP contribution in [-0.2, 0) is 6.42 Å². The fourth-order valence-corrected chi connectivity index (χ4v) is 2.48. The normalized spacial score (nSPS) is 11.3. The molecule has 0 heterocycles. The van der Waals surface area contributed by atoms with Crippen LogP contribution >= 0.6 is 0 Å². The fraction of sp³-hybridized carbons (Fsp3) is 0.286. The average molecular weight is 307 g/mol. The Morgan fingerprint density at radius 3 is 2.48 bits per heavy atom. The summed E-state index contributed by atoms with van der Waals surface area (Å²) >= 11 is 0. The molecule has 2 rings (SSSR count). The second-order valence-electron chi connectivity index (χ2n) is 6.22. The largest absolute Gasteiger partial charge is 0.309 e. The highest BCUT2D eigenvalue weighted by Gasteiger charge is 2.02. The van der Waals surface area contributed by atoms with Crippen molar-refractivity contribution < 1.29 is 4.79 Å². The van der Waals surface area contributed by atoms with Crippen molar-refractivity contribution in [2.45, 2.75) is 19.8 Å². The summed E-state index contributed by atoms with van der Waals surface area (Å²) in [5, 5.41) is 0. The van der Waals surface area contributed by atoms with Gasteiger partial charge in [0.05, 0.1) is 0 Å². The van der Waals surface area contributed by atoms with Gasteiger partial charge in [-0.2, -0.15) is 0 Å². The lowest BCUT2D eigenvalue weighted by Gasteiger charge is -2.08. The highest BCUT2D eigenvalue weighted by Crippen LogP contribution is 2.10. The van der Waals surface area contributed by atoms with Gasteiger partial charge in [-0.1, -0.05) is 60.2 Å². The van der Waals surface area contributed by atoms with E-state index in [1.54, 1.807) is 6.08 Å². The van der Waals surface area contributed by atoms with Crippen molar-refractivity contribution in [3.8, 4) is 0 Å². The lowest BCUT2D eigenvalue weighted by molar-refractivity contribution is 0.104. The van der Waals surface area contributed by atoms with E-state index >= 15 is 0 Å². The van der Waals surface area contributed by atoms with E-state index in [1.165, 1.54) is 11.1 Å². The Kier molecular flexibility index (Phi) is 6.30. The number of carbonyl (C=O) groups is 1. The number of allylic oxidation sites excluding steroid dienone is 1. The Balaban J connectivity index is 1.94. The van der Waals surface area contributed by atoms with Crippen LogP contribution < -0.4 is 0 Å².